The van der Waals surface area contributed by atoms with Gasteiger partial charge in [0.2, 0.25) is 5.89 Å². The van der Waals surface area contributed by atoms with Gasteiger partial charge in [-0.05, 0) is 72.8 Å². The second-order valence-corrected chi connectivity index (χ2v) is 10.1. The molecule has 7 aromatic rings. The van der Waals surface area contributed by atoms with E-state index < -0.39 is 0 Å². The molecule has 3 nitrogen and oxygen atoms in total. The Morgan fingerprint density at radius 1 is 0.639 bits per heavy atom. The summed E-state index contributed by atoms with van der Waals surface area (Å²) in [5.74, 6) is 0.624. The first-order valence-corrected chi connectivity index (χ1v) is 12.9. The van der Waals surface area contributed by atoms with E-state index in [-0.39, 0.29) is 0 Å². The van der Waals surface area contributed by atoms with Crippen molar-refractivity contribution in [1.82, 2.24) is 4.98 Å². The number of nitrogens with zero attached hydrogens (tertiary/aromatic N) is 2. The van der Waals surface area contributed by atoms with Crippen LogP contribution in [0.4, 0.5) is 17.1 Å². The zero-order valence-corrected chi connectivity index (χ0v) is 20.6. The first-order valence-electron chi connectivity index (χ1n) is 11.7. The van der Waals surface area contributed by atoms with E-state index in [1.54, 1.807) is 11.3 Å². The van der Waals surface area contributed by atoms with Gasteiger partial charge in [0.05, 0.1) is 0 Å². The SMILES string of the molecule is Clc1ccc2c(c1)sc1cc(N(c3ccccc3)c3ccc(-c4nc5ccccc5o4)cc3)ccc12. The van der Waals surface area contributed by atoms with Crippen molar-refractivity contribution in [3.8, 4) is 11.5 Å². The fraction of sp³-hybridized carbons (Fsp3) is 0. The Labute approximate surface area is 216 Å². The number of hydrogen-bond acceptors (Lipinski definition) is 4. The van der Waals surface area contributed by atoms with Crippen LogP contribution in [0, 0.1) is 0 Å². The molecule has 7 rings (SSSR count). The molecule has 0 N–H and O–H groups in total. The van der Waals surface area contributed by atoms with E-state index >= 15 is 0 Å². The first-order chi connectivity index (χ1) is 17.7. The van der Waals surface area contributed by atoms with Gasteiger partial charge in [0, 0.05) is 47.8 Å². The molecule has 5 aromatic carbocycles. The molecule has 0 aliphatic rings. The molecule has 0 unspecified atom stereocenters. The van der Waals surface area contributed by atoms with Gasteiger partial charge in [-0.25, -0.2) is 4.98 Å². The Kier molecular flexibility index (Phi) is 5.01. The van der Waals surface area contributed by atoms with Crippen LogP contribution in [0.5, 0.6) is 0 Å². The van der Waals surface area contributed by atoms with Gasteiger partial charge in [-0.15, -0.1) is 11.3 Å². The van der Waals surface area contributed by atoms with Gasteiger partial charge in [0.25, 0.3) is 0 Å². The Balaban J connectivity index is 1.33. The van der Waals surface area contributed by atoms with E-state index in [2.05, 4.69) is 82.7 Å². The smallest absolute Gasteiger partial charge is 0.227 e. The van der Waals surface area contributed by atoms with Crippen LogP contribution < -0.4 is 4.90 Å². The molecule has 2 heterocycles. The van der Waals surface area contributed by atoms with Gasteiger partial charge in [-0.2, -0.15) is 0 Å². The molecule has 0 aliphatic carbocycles. The molecule has 0 saturated heterocycles. The van der Waals surface area contributed by atoms with Crippen LogP contribution in [0.1, 0.15) is 0 Å². The summed E-state index contributed by atoms with van der Waals surface area (Å²) in [7, 11) is 0. The number of thiophene rings is 1. The van der Waals surface area contributed by atoms with Crippen LogP contribution in [0.3, 0.4) is 0 Å². The topological polar surface area (TPSA) is 29.3 Å². The maximum Gasteiger partial charge on any atom is 0.227 e. The highest BCUT2D eigenvalue weighted by Gasteiger charge is 2.16. The first kappa shape index (κ1) is 21.2. The van der Waals surface area contributed by atoms with Crippen LogP contribution in [-0.2, 0) is 0 Å². The van der Waals surface area contributed by atoms with Crippen molar-refractivity contribution in [2.24, 2.45) is 0 Å². The summed E-state index contributed by atoms with van der Waals surface area (Å²) in [6, 6.07) is 39.4. The largest absolute Gasteiger partial charge is 0.436 e. The molecule has 0 amide bonds. The summed E-state index contributed by atoms with van der Waals surface area (Å²) in [6.45, 7) is 0. The lowest BCUT2D eigenvalue weighted by Gasteiger charge is -2.25. The Hall–Kier alpha value is -4.12. The Morgan fingerprint density at radius 2 is 1.31 bits per heavy atom. The highest BCUT2D eigenvalue weighted by molar-refractivity contribution is 7.25. The number of benzene rings is 5. The number of anilines is 3. The minimum absolute atomic E-state index is 0.624. The minimum atomic E-state index is 0.624. The van der Waals surface area contributed by atoms with Crippen molar-refractivity contribution in [2.45, 2.75) is 0 Å². The normalized spacial score (nSPS) is 11.5. The number of aromatic nitrogens is 1. The molecular weight excluding hydrogens is 484 g/mol. The quantitative estimate of drug-likeness (QED) is 0.240. The second-order valence-electron chi connectivity index (χ2n) is 8.63. The van der Waals surface area contributed by atoms with Crippen LogP contribution in [-0.4, -0.2) is 4.98 Å². The van der Waals surface area contributed by atoms with Crippen molar-refractivity contribution >= 4 is 71.3 Å². The number of oxazole rings is 1. The van der Waals surface area contributed by atoms with E-state index in [0.717, 1.165) is 38.7 Å². The number of para-hydroxylation sites is 3. The predicted octanol–water partition coefficient (Wildman–Crippen LogP) is 9.99. The van der Waals surface area contributed by atoms with Crippen LogP contribution >= 0.6 is 22.9 Å². The fourth-order valence-electron chi connectivity index (χ4n) is 4.65. The van der Waals surface area contributed by atoms with Crippen LogP contribution in [0.15, 0.2) is 120 Å². The summed E-state index contributed by atoms with van der Waals surface area (Å²) in [5.41, 5.74) is 5.85. The molecule has 5 heteroatoms. The number of fused-ring (bicyclic) bond motifs is 4. The van der Waals surface area contributed by atoms with Crippen LogP contribution in [0.25, 0.3) is 42.7 Å². The van der Waals surface area contributed by atoms with Crippen molar-refractivity contribution in [2.75, 3.05) is 4.90 Å². The summed E-state index contributed by atoms with van der Waals surface area (Å²) in [4.78, 5) is 6.92. The number of hydrogen-bond donors (Lipinski definition) is 0. The molecule has 0 atom stereocenters. The van der Waals surface area contributed by atoms with Crippen molar-refractivity contribution in [3.63, 3.8) is 0 Å². The summed E-state index contributed by atoms with van der Waals surface area (Å²) in [5, 5.41) is 3.24. The molecule has 0 aliphatic heterocycles. The van der Waals surface area contributed by atoms with E-state index in [0.29, 0.717) is 5.89 Å². The average molecular weight is 503 g/mol. The summed E-state index contributed by atoms with van der Waals surface area (Å²) >= 11 is 8.02. The van der Waals surface area contributed by atoms with Gasteiger partial charge in [0.15, 0.2) is 5.58 Å². The third-order valence-corrected chi connectivity index (χ3v) is 7.71. The standard InChI is InChI=1S/C31H19ClN2OS/c32-21-12-16-25-26-17-15-24(19-30(26)36-29(25)18-21)34(22-6-2-1-3-7-22)23-13-10-20(11-14-23)31-33-27-8-4-5-9-28(27)35-31/h1-19H. The Morgan fingerprint density at radius 3 is 2.11 bits per heavy atom. The molecule has 2 aromatic heterocycles. The molecule has 0 fully saturated rings. The highest BCUT2D eigenvalue weighted by Crippen LogP contribution is 2.41. The number of halogens is 1. The molecule has 0 spiro atoms. The molecule has 0 radical (unpaired) electrons. The summed E-state index contributed by atoms with van der Waals surface area (Å²) < 4.78 is 8.40. The fourth-order valence-corrected chi connectivity index (χ4v) is 6.07. The number of rotatable bonds is 4. The maximum absolute atomic E-state index is 6.26. The third-order valence-electron chi connectivity index (χ3n) is 6.36. The average Bonchev–Trinajstić information content (AvgIpc) is 3.50. The van der Waals surface area contributed by atoms with Gasteiger partial charge in [-0.3, -0.25) is 0 Å². The lowest BCUT2D eigenvalue weighted by Crippen LogP contribution is -2.09. The third kappa shape index (κ3) is 3.63. The molecular formula is C31H19ClN2OS. The highest BCUT2D eigenvalue weighted by atomic mass is 35.5. The molecule has 0 saturated carbocycles. The van der Waals surface area contributed by atoms with Crippen molar-refractivity contribution < 1.29 is 4.42 Å². The second kappa shape index (κ2) is 8.52. The van der Waals surface area contributed by atoms with E-state index in [1.165, 1.54) is 20.2 Å². The zero-order chi connectivity index (χ0) is 24.1. The van der Waals surface area contributed by atoms with E-state index in [9.17, 15) is 0 Å². The van der Waals surface area contributed by atoms with Gasteiger partial charge in [0.1, 0.15) is 5.52 Å². The molecule has 172 valence electrons. The monoisotopic (exact) mass is 502 g/mol. The van der Waals surface area contributed by atoms with Crippen molar-refractivity contribution in [1.29, 1.82) is 0 Å². The molecule has 36 heavy (non-hydrogen) atoms. The van der Waals surface area contributed by atoms with E-state index in [4.69, 9.17) is 16.0 Å². The minimum Gasteiger partial charge on any atom is -0.436 e. The lowest BCUT2D eigenvalue weighted by molar-refractivity contribution is 0.620. The van der Waals surface area contributed by atoms with Gasteiger partial charge in [-0.1, -0.05) is 54.1 Å². The zero-order valence-electron chi connectivity index (χ0n) is 19.1. The Bertz CT molecular complexity index is 1820. The lowest BCUT2D eigenvalue weighted by atomic mass is 10.1. The predicted molar refractivity (Wildman–Crippen MR) is 152 cm³/mol. The van der Waals surface area contributed by atoms with Gasteiger partial charge >= 0.3 is 0 Å². The maximum atomic E-state index is 6.26. The van der Waals surface area contributed by atoms with E-state index in [1.807, 2.05) is 42.5 Å². The van der Waals surface area contributed by atoms with Crippen LogP contribution in [0.2, 0.25) is 5.02 Å². The van der Waals surface area contributed by atoms with Gasteiger partial charge < -0.3 is 9.32 Å². The molecule has 0 bridgehead atoms. The summed E-state index contributed by atoms with van der Waals surface area (Å²) in [6.07, 6.45) is 0. The van der Waals surface area contributed by atoms with Crippen molar-refractivity contribution in [3.05, 3.63) is 120 Å².